The molecule has 11 heteroatoms. The van der Waals surface area contributed by atoms with Crippen LogP contribution in [0.3, 0.4) is 0 Å². The fourth-order valence-corrected chi connectivity index (χ4v) is 2.83. The zero-order valence-corrected chi connectivity index (χ0v) is 18.7. The Morgan fingerprint density at radius 2 is 1.91 bits per heavy atom. The van der Waals surface area contributed by atoms with Gasteiger partial charge in [-0.25, -0.2) is 4.98 Å². The maximum atomic E-state index is 13.6. The third-order valence-corrected chi connectivity index (χ3v) is 4.45. The first-order valence-corrected chi connectivity index (χ1v) is 10.1. The van der Waals surface area contributed by atoms with Crippen LogP contribution in [0.2, 0.25) is 0 Å². The Bertz CT molecular complexity index is 1180. The first-order valence-electron chi connectivity index (χ1n) is 10.1. The second-order valence-corrected chi connectivity index (χ2v) is 7.43. The van der Waals surface area contributed by atoms with Gasteiger partial charge in [0.1, 0.15) is 17.1 Å². The molecule has 0 unspecified atom stereocenters. The SMILES string of the molecule is COc1cncc(Nc2ncc(C(F)(F)F)c(Nc3cccc(C(=O)C=CCN(C)C)c3)n2)c1. The molecule has 2 N–H and O–H groups in total. The molecule has 178 valence electrons. The number of ketones is 1. The summed E-state index contributed by atoms with van der Waals surface area (Å²) in [5.74, 6) is -0.355. The standard InChI is InChI=1S/C23H23F3N6O2/c1-32(2)9-5-8-20(33)15-6-4-7-16(10-15)29-21-19(23(24,25)26)14-28-22(31-21)30-17-11-18(34-3)13-27-12-17/h4-8,10-14H,9H2,1-3H3,(H2,28,29,30,31). The number of pyridine rings is 1. The first-order chi connectivity index (χ1) is 16.2. The number of aromatic nitrogens is 3. The van der Waals surface area contributed by atoms with Crippen LogP contribution in [-0.4, -0.2) is 53.4 Å². The van der Waals surface area contributed by atoms with E-state index >= 15 is 0 Å². The topological polar surface area (TPSA) is 92.3 Å². The predicted octanol–water partition coefficient (Wildman–Crippen LogP) is 4.69. The van der Waals surface area contributed by atoms with E-state index in [9.17, 15) is 18.0 Å². The van der Waals surface area contributed by atoms with Crippen LogP contribution >= 0.6 is 0 Å². The van der Waals surface area contributed by atoms with E-state index in [-0.39, 0.29) is 17.4 Å². The molecule has 2 aromatic heterocycles. The molecule has 0 bridgehead atoms. The number of carbonyl (C=O) groups is 1. The number of ether oxygens (including phenoxy) is 1. The van der Waals surface area contributed by atoms with Crippen molar-refractivity contribution in [3.8, 4) is 5.75 Å². The Hall–Kier alpha value is -3.99. The van der Waals surface area contributed by atoms with Crippen molar-refractivity contribution in [1.82, 2.24) is 19.9 Å². The fourth-order valence-electron chi connectivity index (χ4n) is 2.83. The van der Waals surface area contributed by atoms with E-state index in [0.717, 1.165) is 0 Å². The van der Waals surface area contributed by atoms with Gasteiger partial charge in [0.2, 0.25) is 5.95 Å². The molecule has 0 fully saturated rings. The summed E-state index contributed by atoms with van der Waals surface area (Å²) >= 11 is 0. The second-order valence-electron chi connectivity index (χ2n) is 7.43. The number of rotatable bonds is 9. The lowest BCUT2D eigenvalue weighted by Gasteiger charge is -2.15. The second kappa shape index (κ2) is 10.8. The van der Waals surface area contributed by atoms with Gasteiger partial charge in [0.25, 0.3) is 0 Å². The summed E-state index contributed by atoms with van der Waals surface area (Å²) < 4.78 is 45.8. The quantitative estimate of drug-likeness (QED) is 0.342. The smallest absolute Gasteiger partial charge is 0.421 e. The molecule has 34 heavy (non-hydrogen) atoms. The average Bonchev–Trinajstić information content (AvgIpc) is 2.78. The number of hydrogen-bond donors (Lipinski definition) is 2. The molecule has 8 nitrogen and oxygen atoms in total. The monoisotopic (exact) mass is 472 g/mol. The molecule has 0 atom stereocenters. The van der Waals surface area contributed by atoms with Gasteiger partial charge >= 0.3 is 6.18 Å². The molecule has 1 aromatic carbocycles. The van der Waals surface area contributed by atoms with Crippen LogP contribution in [0.4, 0.5) is 36.3 Å². The van der Waals surface area contributed by atoms with Gasteiger partial charge in [0.15, 0.2) is 5.78 Å². The molecular formula is C23H23F3N6O2. The number of likely N-dealkylation sites (N-methyl/N-ethyl adjacent to an activating group) is 1. The Kier molecular flexibility index (Phi) is 7.79. The third-order valence-electron chi connectivity index (χ3n) is 4.45. The number of methoxy groups -OCH3 is 1. The summed E-state index contributed by atoms with van der Waals surface area (Å²) in [4.78, 5) is 26.0. The normalized spacial score (nSPS) is 11.6. The van der Waals surface area contributed by atoms with E-state index in [1.54, 1.807) is 30.3 Å². The summed E-state index contributed by atoms with van der Waals surface area (Å²) in [5, 5.41) is 5.47. The molecule has 0 aliphatic rings. The zero-order chi connectivity index (χ0) is 24.7. The number of alkyl halides is 3. The molecule has 0 radical (unpaired) electrons. The molecule has 0 aliphatic heterocycles. The van der Waals surface area contributed by atoms with E-state index in [0.29, 0.717) is 29.7 Å². The number of hydrogen-bond acceptors (Lipinski definition) is 8. The van der Waals surface area contributed by atoms with Crippen molar-refractivity contribution in [2.24, 2.45) is 0 Å². The molecule has 0 spiro atoms. The maximum absolute atomic E-state index is 13.6. The highest BCUT2D eigenvalue weighted by atomic mass is 19.4. The lowest BCUT2D eigenvalue weighted by Crippen LogP contribution is -2.13. The van der Waals surface area contributed by atoms with Crippen LogP contribution in [0.15, 0.2) is 61.1 Å². The zero-order valence-electron chi connectivity index (χ0n) is 18.7. The minimum absolute atomic E-state index is 0.0793. The molecule has 0 saturated carbocycles. The minimum atomic E-state index is -4.69. The number of anilines is 4. The van der Waals surface area contributed by atoms with Gasteiger partial charge in [0, 0.05) is 30.1 Å². The highest BCUT2D eigenvalue weighted by molar-refractivity contribution is 6.05. The molecule has 3 rings (SSSR count). The van der Waals surface area contributed by atoms with Crippen LogP contribution in [0.5, 0.6) is 5.75 Å². The predicted molar refractivity (Wildman–Crippen MR) is 123 cm³/mol. The van der Waals surface area contributed by atoms with Crippen molar-refractivity contribution >= 4 is 28.9 Å². The summed E-state index contributed by atoms with van der Waals surface area (Å²) in [6.45, 7) is 0.581. The largest absolute Gasteiger partial charge is 0.495 e. The summed E-state index contributed by atoms with van der Waals surface area (Å²) in [6, 6.07) is 7.76. The van der Waals surface area contributed by atoms with Gasteiger partial charge in [-0.05, 0) is 32.3 Å². The van der Waals surface area contributed by atoms with Crippen LogP contribution < -0.4 is 15.4 Å². The summed E-state index contributed by atoms with van der Waals surface area (Å²) in [7, 11) is 5.20. The minimum Gasteiger partial charge on any atom is -0.495 e. The molecule has 0 amide bonds. The lowest BCUT2D eigenvalue weighted by molar-refractivity contribution is -0.137. The highest BCUT2D eigenvalue weighted by Gasteiger charge is 2.35. The number of nitrogens with one attached hydrogen (secondary N) is 2. The first kappa shape index (κ1) is 24.6. The van der Waals surface area contributed by atoms with E-state index in [1.165, 1.54) is 31.6 Å². The third kappa shape index (κ3) is 6.75. The molecule has 0 aliphatic carbocycles. The lowest BCUT2D eigenvalue weighted by atomic mass is 10.1. The van der Waals surface area contributed by atoms with Crippen molar-refractivity contribution in [1.29, 1.82) is 0 Å². The van der Waals surface area contributed by atoms with E-state index < -0.39 is 17.6 Å². The number of allylic oxidation sites excluding steroid dienone is 1. The Labute approximate surface area is 194 Å². The van der Waals surface area contributed by atoms with Crippen molar-refractivity contribution in [2.45, 2.75) is 6.18 Å². The van der Waals surface area contributed by atoms with Gasteiger partial charge in [0.05, 0.1) is 25.2 Å². The van der Waals surface area contributed by atoms with Crippen LogP contribution in [0.1, 0.15) is 15.9 Å². The van der Waals surface area contributed by atoms with Gasteiger partial charge in [-0.2, -0.15) is 18.2 Å². The summed E-state index contributed by atoms with van der Waals surface area (Å²) in [6.07, 6.45) is 2.06. The highest BCUT2D eigenvalue weighted by Crippen LogP contribution is 2.35. The number of nitrogens with zero attached hydrogens (tertiary/aromatic N) is 4. The van der Waals surface area contributed by atoms with Gasteiger partial charge in [-0.1, -0.05) is 18.2 Å². The van der Waals surface area contributed by atoms with Crippen LogP contribution in [0, 0.1) is 0 Å². The van der Waals surface area contributed by atoms with Crippen molar-refractivity contribution < 1.29 is 22.7 Å². The van der Waals surface area contributed by atoms with E-state index in [1.807, 2.05) is 19.0 Å². The van der Waals surface area contributed by atoms with Gasteiger partial charge < -0.3 is 20.3 Å². The number of carbonyl (C=O) groups excluding carboxylic acids is 1. The maximum Gasteiger partial charge on any atom is 0.421 e. The van der Waals surface area contributed by atoms with Crippen molar-refractivity contribution in [3.63, 3.8) is 0 Å². The van der Waals surface area contributed by atoms with Crippen molar-refractivity contribution in [3.05, 3.63) is 72.2 Å². The Morgan fingerprint density at radius 3 is 2.62 bits per heavy atom. The van der Waals surface area contributed by atoms with Gasteiger partial charge in [-0.3, -0.25) is 9.78 Å². The van der Waals surface area contributed by atoms with Crippen molar-refractivity contribution in [2.75, 3.05) is 38.4 Å². The van der Waals surface area contributed by atoms with Crippen LogP contribution in [0.25, 0.3) is 0 Å². The average molecular weight is 472 g/mol. The molecule has 3 aromatic rings. The Morgan fingerprint density at radius 1 is 1.12 bits per heavy atom. The van der Waals surface area contributed by atoms with Crippen LogP contribution in [-0.2, 0) is 6.18 Å². The van der Waals surface area contributed by atoms with Gasteiger partial charge in [-0.15, -0.1) is 0 Å². The molecular weight excluding hydrogens is 449 g/mol. The fraction of sp³-hybridized carbons (Fsp3) is 0.217. The molecule has 2 heterocycles. The molecule has 0 saturated heterocycles. The Balaban J connectivity index is 1.88. The van der Waals surface area contributed by atoms with E-state index in [4.69, 9.17) is 4.74 Å². The summed E-state index contributed by atoms with van der Waals surface area (Å²) in [5.41, 5.74) is -0.0277. The number of halogens is 3. The number of benzene rings is 1. The van der Waals surface area contributed by atoms with E-state index in [2.05, 4.69) is 25.6 Å².